The van der Waals surface area contributed by atoms with Crippen LogP contribution in [0.3, 0.4) is 0 Å². The van der Waals surface area contributed by atoms with Gasteiger partial charge in [-0.2, -0.15) is 0 Å². The summed E-state index contributed by atoms with van der Waals surface area (Å²) in [5.74, 6) is 0. The van der Waals surface area contributed by atoms with E-state index in [1.54, 1.807) is 12.2 Å². The van der Waals surface area contributed by atoms with Crippen LogP contribution in [-0.2, 0) is 4.74 Å². The second-order valence-corrected chi connectivity index (χ2v) is 2.26. The first-order valence-electron chi connectivity index (χ1n) is 4.39. The van der Waals surface area contributed by atoms with Crippen molar-refractivity contribution in [2.75, 3.05) is 0 Å². The molecule has 11 heavy (non-hydrogen) atoms. The van der Waals surface area contributed by atoms with Crippen molar-refractivity contribution in [3.63, 3.8) is 0 Å². The van der Waals surface area contributed by atoms with Crippen LogP contribution in [-0.4, -0.2) is 0 Å². The maximum absolute atomic E-state index is 7.35. The fraction of sp³-hybridized carbons (Fsp3) is 0. The van der Waals surface area contributed by atoms with Crippen molar-refractivity contribution in [1.82, 2.24) is 0 Å². The molecule has 0 aromatic heterocycles. The van der Waals surface area contributed by atoms with Gasteiger partial charge >= 0.3 is 0 Å². The number of rotatable bonds is 0. The smallest absolute Gasteiger partial charge is 0.104 e. The van der Waals surface area contributed by atoms with E-state index in [0.29, 0.717) is 0 Å². The third-order valence-electron chi connectivity index (χ3n) is 1.54. The summed E-state index contributed by atoms with van der Waals surface area (Å²) >= 11 is 0. The lowest BCUT2D eigenvalue weighted by molar-refractivity contribution is 0.411. The maximum atomic E-state index is 7.35. The highest BCUT2D eigenvalue weighted by atomic mass is 16.5. The molecule has 1 heterocycles. The number of hydrogen-bond donors (Lipinski definition) is 0. The van der Waals surface area contributed by atoms with E-state index >= 15 is 0 Å². The van der Waals surface area contributed by atoms with Gasteiger partial charge < -0.3 is 4.74 Å². The van der Waals surface area contributed by atoms with Crippen molar-refractivity contribution >= 4 is 12.2 Å². The van der Waals surface area contributed by atoms with Crippen LogP contribution in [0, 0.1) is 0 Å². The molecule has 2 rings (SSSR count). The Morgan fingerprint density at radius 1 is 1.00 bits per heavy atom. The van der Waals surface area contributed by atoms with Gasteiger partial charge in [-0.15, -0.1) is 0 Å². The van der Waals surface area contributed by atoms with Crippen molar-refractivity contribution < 1.29 is 7.48 Å². The molecule has 0 fully saturated rings. The third kappa shape index (κ3) is 1.17. The van der Waals surface area contributed by atoms with E-state index in [4.69, 9.17) is 7.48 Å². The fourth-order valence-electron chi connectivity index (χ4n) is 0.994. The molecule has 1 aliphatic heterocycles. The van der Waals surface area contributed by atoms with Crippen LogP contribution in [0.15, 0.2) is 36.7 Å². The SMILES string of the molecule is [2H]C1=Cc2ccccc2C=C([2H])O1. The van der Waals surface area contributed by atoms with Crippen molar-refractivity contribution in [3.05, 3.63) is 47.9 Å². The topological polar surface area (TPSA) is 9.23 Å². The lowest BCUT2D eigenvalue weighted by atomic mass is 10.1. The van der Waals surface area contributed by atoms with E-state index in [9.17, 15) is 0 Å². The van der Waals surface area contributed by atoms with Crippen LogP contribution >= 0.6 is 0 Å². The first-order valence-corrected chi connectivity index (χ1v) is 3.39. The lowest BCUT2D eigenvalue weighted by Crippen LogP contribution is -1.76. The molecule has 1 aromatic carbocycles. The van der Waals surface area contributed by atoms with E-state index in [0.717, 1.165) is 11.1 Å². The zero-order valence-corrected chi connectivity index (χ0v) is 5.87. The molecule has 0 saturated heterocycles. The molecule has 1 aliphatic rings. The second kappa shape index (κ2) is 2.62. The average Bonchev–Trinajstić information content (AvgIpc) is 2.20. The van der Waals surface area contributed by atoms with Gasteiger partial charge in [0.1, 0.15) is 2.74 Å². The van der Waals surface area contributed by atoms with Crippen molar-refractivity contribution in [1.29, 1.82) is 0 Å². The predicted molar refractivity (Wildman–Crippen MR) is 45.6 cm³/mol. The van der Waals surface area contributed by atoms with Gasteiger partial charge in [0.2, 0.25) is 0 Å². The number of hydrogen-bond acceptors (Lipinski definition) is 1. The highest BCUT2D eigenvalue weighted by Crippen LogP contribution is 2.14. The summed E-state index contributed by atoms with van der Waals surface area (Å²) in [6.07, 6.45) is 3.22. The Kier molecular flexibility index (Phi) is 1.05. The molecule has 54 valence electrons. The monoisotopic (exact) mass is 146 g/mol. The Labute approximate surface area is 68.4 Å². The Bertz CT molecular complexity index is 357. The molecular weight excluding hydrogens is 136 g/mol. The summed E-state index contributed by atoms with van der Waals surface area (Å²) in [5.41, 5.74) is 1.82. The third-order valence-corrected chi connectivity index (χ3v) is 1.54. The highest BCUT2D eigenvalue weighted by molar-refractivity contribution is 5.65. The molecule has 0 spiro atoms. The molecule has 0 N–H and O–H groups in total. The zero-order valence-electron chi connectivity index (χ0n) is 7.87. The van der Waals surface area contributed by atoms with Gasteiger partial charge in [0, 0.05) is 0 Å². The highest BCUT2D eigenvalue weighted by Gasteiger charge is 1.95. The van der Waals surface area contributed by atoms with Crippen LogP contribution < -0.4 is 0 Å². The summed E-state index contributed by atoms with van der Waals surface area (Å²) < 4.78 is 19.6. The number of fused-ring (bicyclic) bond motifs is 1. The Morgan fingerprint density at radius 2 is 1.55 bits per heavy atom. The lowest BCUT2D eigenvalue weighted by Gasteiger charge is -1.95. The standard InChI is InChI=1S/C10H8O/c1-2-4-10-6-8-11-7-5-9(10)3-1/h1-8H/i7D,8D. The molecule has 0 amide bonds. The molecule has 0 atom stereocenters. The van der Waals surface area contributed by atoms with Crippen molar-refractivity contribution in [2.45, 2.75) is 0 Å². The first kappa shape index (κ1) is 4.39. The van der Waals surface area contributed by atoms with Crippen molar-refractivity contribution in [3.8, 4) is 0 Å². The largest absolute Gasteiger partial charge is 0.473 e. The normalized spacial score (nSPS) is 17.8. The zero-order chi connectivity index (χ0) is 9.26. The maximum Gasteiger partial charge on any atom is 0.104 e. The molecule has 0 bridgehead atoms. The molecule has 0 unspecified atom stereocenters. The minimum atomic E-state index is 0.00574. The van der Waals surface area contributed by atoms with E-state index in [2.05, 4.69) is 0 Å². The van der Waals surface area contributed by atoms with Gasteiger partial charge in [0.25, 0.3) is 0 Å². The fourth-order valence-corrected chi connectivity index (χ4v) is 0.994. The van der Waals surface area contributed by atoms with Crippen LogP contribution in [0.1, 0.15) is 13.9 Å². The average molecular weight is 146 g/mol. The van der Waals surface area contributed by atoms with Gasteiger partial charge in [0.05, 0.1) is 12.5 Å². The van der Waals surface area contributed by atoms with E-state index in [1.807, 2.05) is 24.3 Å². The Balaban J connectivity index is 2.60. The molecule has 0 saturated carbocycles. The Hall–Kier alpha value is -1.50. The Morgan fingerprint density at radius 3 is 2.09 bits per heavy atom. The van der Waals surface area contributed by atoms with Crippen LogP contribution in [0.2, 0.25) is 0 Å². The van der Waals surface area contributed by atoms with E-state index < -0.39 is 0 Å². The molecule has 1 nitrogen and oxygen atoms in total. The summed E-state index contributed by atoms with van der Waals surface area (Å²) in [5, 5.41) is 0. The van der Waals surface area contributed by atoms with Gasteiger partial charge in [-0.1, -0.05) is 24.3 Å². The van der Waals surface area contributed by atoms with Gasteiger partial charge in [-0.3, -0.25) is 0 Å². The first-order chi connectivity index (χ1) is 6.25. The predicted octanol–water partition coefficient (Wildman–Crippen LogP) is 2.66. The summed E-state index contributed by atoms with van der Waals surface area (Å²) in [6, 6.07) is 7.57. The number of benzene rings is 1. The molecule has 0 radical (unpaired) electrons. The molecule has 1 heteroatoms. The van der Waals surface area contributed by atoms with E-state index in [-0.39, 0.29) is 12.5 Å². The van der Waals surface area contributed by atoms with Crippen LogP contribution in [0.5, 0.6) is 0 Å². The van der Waals surface area contributed by atoms with Gasteiger partial charge in [-0.25, -0.2) is 0 Å². The summed E-state index contributed by atoms with van der Waals surface area (Å²) in [4.78, 5) is 0. The van der Waals surface area contributed by atoms with Gasteiger partial charge in [0.15, 0.2) is 0 Å². The molecular formula is C10H8O. The van der Waals surface area contributed by atoms with Crippen LogP contribution in [0.25, 0.3) is 12.2 Å². The van der Waals surface area contributed by atoms with Crippen LogP contribution in [0.4, 0.5) is 0 Å². The summed E-state index contributed by atoms with van der Waals surface area (Å²) in [6.45, 7) is 0. The summed E-state index contributed by atoms with van der Waals surface area (Å²) in [7, 11) is 0. The molecule has 1 aromatic rings. The number of ether oxygens (including phenoxy) is 1. The minimum Gasteiger partial charge on any atom is -0.473 e. The van der Waals surface area contributed by atoms with Gasteiger partial charge in [-0.05, 0) is 23.3 Å². The van der Waals surface area contributed by atoms with Crippen molar-refractivity contribution in [2.24, 2.45) is 0 Å². The molecule has 0 aliphatic carbocycles. The second-order valence-electron chi connectivity index (χ2n) is 2.26. The quantitative estimate of drug-likeness (QED) is 0.546. The minimum absolute atomic E-state index is 0.00574. The van der Waals surface area contributed by atoms with E-state index in [1.165, 1.54) is 0 Å².